The van der Waals surface area contributed by atoms with E-state index in [4.69, 9.17) is 4.42 Å². The number of hydrogen-bond donors (Lipinski definition) is 0. The highest BCUT2D eigenvalue weighted by molar-refractivity contribution is 7.26. The molecule has 70 heavy (non-hydrogen) atoms. The summed E-state index contributed by atoms with van der Waals surface area (Å²) in [5.74, 6) is 0. The van der Waals surface area contributed by atoms with Crippen LogP contribution >= 0.6 is 11.3 Å². The second kappa shape index (κ2) is 15.8. The zero-order chi connectivity index (χ0) is 46.5. The molecule has 2 nitrogen and oxygen atoms in total. The Morgan fingerprint density at radius 3 is 1.77 bits per heavy atom. The summed E-state index contributed by atoms with van der Waals surface area (Å²) in [6.07, 6.45) is 0. The molecular weight excluding hydrogens is 867 g/mol. The summed E-state index contributed by atoms with van der Waals surface area (Å²) in [7, 11) is 0. The number of thiophene rings is 1. The normalized spacial score (nSPS) is 12.8. The molecule has 0 saturated carbocycles. The third-order valence-electron chi connectivity index (χ3n) is 14.9. The van der Waals surface area contributed by atoms with Crippen LogP contribution in [0.15, 0.2) is 241 Å². The number of anilines is 3. The highest BCUT2D eigenvalue weighted by Crippen LogP contribution is 2.51. The molecule has 11 aromatic carbocycles. The fourth-order valence-electron chi connectivity index (χ4n) is 11.3. The van der Waals surface area contributed by atoms with Gasteiger partial charge in [-0.3, -0.25) is 0 Å². The van der Waals surface area contributed by atoms with E-state index in [-0.39, 0.29) is 5.41 Å². The minimum atomic E-state index is -0.0716. The fourth-order valence-corrected chi connectivity index (χ4v) is 12.5. The van der Waals surface area contributed by atoms with E-state index in [1.165, 1.54) is 75.8 Å². The number of benzene rings is 11. The van der Waals surface area contributed by atoms with Crippen molar-refractivity contribution in [3.63, 3.8) is 0 Å². The molecule has 0 N–H and O–H groups in total. The molecule has 0 amide bonds. The van der Waals surface area contributed by atoms with Crippen LogP contribution < -0.4 is 4.90 Å². The van der Waals surface area contributed by atoms with Crippen molar-refractivity contribution in [1.29, 1.82) is 0 Å². The summed E-state index contributed by atoms with van der Waals surface area (Å²) in [4.78, 5) is 2.41. The van der Waals surface area contributed by atoms with E-state index >= 15 is 0 Å². The molecule has 2 heterocycles. The van der Waals surface area contributed by atoms with Crippen molar-refractivity contribution in [3.05, 3.63) is 248 Å². The zero-order valence-corrected chi connectivity index (χ0v) is 39.6. The summed E-state index contributed by atoms with van der Waals surface area (Å²) < 4.78 is 9.59. The Morgan fingerprint density at radius 1 is 0.371 bits per heavy atom. The number of fused-ring (bicyclic) bond motifs is 11. The number of hydrogen-bond acceptors (Lipinski definition) is 3. The van der Waals surface area contributed by atoms with Gasteiger partial charge in [-0.1, -0.05) is 196 Å². The molecule has 0 saturated heterocycles. The van der Waals surface area contributed by atoms with E-state index in [1.54, 1.807) is 0 Å². The van der Waals surface area contributed by atoms with Gasteiger partial charge in [-0.25, -0.2) is 0 Å². The molecule has 0 bridgehead atoms. The smallest absolute Gasteiger partial charge is 0.143 e. The standard InChI is InChI=1S/C67H45NOS/c1-67(2)60-21-10-8-17-53(60)54-37-32-48(39-61(54)67)44-23-25-47(26-24-44)58-40-59-56-38-31-45-15-6-7-16-51(45)65(56)69-63(59)41-62(58)68(49-33-27-43(28-34-49)42-13-4-3-5-14-42)50-35-29-46(30-36-50)52-19-12-20-57-55-18-9-11-22-64(55)70-66(52)57/h3-41H,1-2H3. The van der Waals surface area contributed by atoms with E-state index in [1.807, 2.05) is 11.3 Å². The summed E-state index contributed by atoms with van der Waals surface area (Å²) >= 11 is 1.87. The highest BCUT2D eigenvalue weighted by atomic mass is 32.1. The second-order valence-corrected chi connectivity index (χ2v) is 20.3. The molecule has 0 unspecified atom stereocenters. The maximum absolute atomic E-state index is 6.97. The molecule has 0 spiro atoms. The molecule has 1 aliphatic carbocycles. The summed E-state index contributed by atoms with van der Waals surface area (Å²) in [6, 6.07) is 86.9. The van der Waals surface area contributed by atoms with Crippen LogP contribution in [0.5, 0.6) is 0 Å². The lowest BCUT2D eigenvalue weighted by Gasteiger charge is -2.28. The first-order chi connectivity index (χ1) is 34.4. The highest BCUT2D eigenvalue weighted by Gasteiger charge is 2.35. The summed E-state index contributed by atoms with van der Waals surface area (Å²) in [5.41, 5.74) is 19.7. The van der Waals surface area contributed by atoms with Gasteiger partial charge in [0.2, 0.25) is 0 Å². The van der Waals surface area contributed by atoms with Crippen molar-refractivity contribution in [2.24, 2.45) is 0 Å². The van der Waals surface area contributed by atoms with Crippen molar-refractivity contribution >= 4 is 81.3 Å². The van der Waals surface area contributed by atoms with E-state index in [0.29, 0.717) is 0 Å². The average molecular weight is 912 g/mol. The molecule has 13 aromatic rings. The van der Waals surface area contributed by atoms with Crippen LogP contribution in [-0.4, -0.2) is 0 Å². The van der Waals surface area contributed by atoms with Gasteiger partial charge >= 0.3 is 0 Å². The Kier molecular flexibility index (Phi) is 9.14. The van der Waals surface area contributed by atoms with Gasteiger partial charge in [0, 0.05) is 64.8 Å². The molecule has 0 radical (unpaired) electrons. The van der Waals surface area contributed by atoms with E-state index in [2.05, 4.69) is 255 Å². The third-order valence-corrected chi connectivity index (χ3v) is 16.1. The van der Waals surface area contributed by atoms with Gasteiger partial charge in [0.25, 0.3) is 0 Å². The largest absolute Gasteiger partial charge is 0.455 e. The van der Waals surface area contributed by atoms with Crippen LogP contribution in [0.1, 0.15) is 25.0 Å². The molecule has 14 rings (SSSR count). The lowest BCUT2D eigenvalue weighted by Crippen LogP contribution is -2.14. The maximum atomic E-state index is 6.97. The second-order valence-electron chi connectivity index (χ2n) is 19.2. The van der Waals surface area contributed by atoms with Gasteiger partial charge in [0.1, 0.15) is 11.2 Å². The molecule has 2 aromatic heterocycles. The average Bonchev–Trinajstić information content (AvgIpc) is 4.06. The zero-order valence-electron chi connectivity index (χ0n) is 38.8. The monoisotopic (exact) mass is 911 g/mol. The molecule has 330 valence electrons. The van der Waals surface area contributed by atoms with Crippen molar-refractivity contribution in [2.75, 3.05) is 4.90 Å². The van der Waals surface area contributed by atoms with Crippen molar-refractivity contribution in [3.8, 4) is 55.6 Å². The minimum Gasteiger partial charge on any atom is -0.455 e. The number of nitrogens with zero attached hydrogens (tertiary/aromatic N) is 1. The Hall–Kier alpha value is -8.50. The molecule has 0 atom stereocenters. The van der Waals surface area contributed by atoms with E-state index in [0.717, 1.165) is 60.9 Å². The van der Waals surface area contributed by atoms with Gasteiger partial charge in [-0.15, -0.1) is 11.3 Å². The Balaban J connectivity index is 0.948. The summed E-state index contributed by atoms with van der Waals surface area (Å²) in [6.45, 7) is 4.70. The van der Waals surface area contributed by atoms with Crippen LogP contribution in [0, 0.1) is 0 Å². The van der Waals surface area contributed by atoms with Crippen molar-refractivity contribution in [2.45, 2.75) is 19.3 Å². The van der Waals surface area contributed by atoms with Gasteiger partial charge in [-0.05, 0) is 115 Å². The quantitative estimate of drug-likeness (QED) is 0.158. The van der Waals surface area contributed by atoms with Crippen LogP contribution in [0.2, 0.25) is 0 Å². The van der Waals surface area contributed by atoms with Crippen LogP contribution in [-0.2, 0) is 5.41 Å². The molecule has 0 aliphatic heterocycles. The molecule has 3 heteroatoms. The molecular formula is C67H45NOS. The predicted molar refractivity (Wildman–Crippen MR) is 298 cm³/mol. The number of furan rings is 1. The first kappa shape index (κ1) is 40.6. The van der Waals surface area contributed by atoms with Gasteiger partial charge < -0.3 is 9.32 Å². The third kappa shape index (κ3) is 6.39. The van der Waals surface area contributed by atoms with Crippen LogP contribution in [0.3, 0.4) is 0 Å². The molecule has 1 aliphatic rings. The first-order valence-corrected chi connectivity index (χ1v) is 25.0. The van der Waals surface area contributed by atoms with Crippen molar-refractivity contribution in [1.82, 2.24) is 0 Å². The van der Waals surface area contributed by atoms with Crippen LogP contribution in [0.25, 0.3) is 109 Å². The topological polar surface area (TPSA) is 16.4 Å². The SMILES string of the molecule is CC1(C)c2ccccc2-c2ccc(-c3ccc(-c4cc5c(cc4N(c4ccc(-c6ccccc6)cc4)c4ccc(-c6cccc7c6sc6ccccc67)cc4)oc4c6ccccc6ccc54)cc3)cc21. The Morgan fingerprint density at radius 2 is 0.957 bits per heavy atom. The maximum Gasteiger partial charge on any atom is 0.143 e. The fraction of sp³-hybridized carbons (Fsp3) is 0.0448. The van der Waals surface area contributed by atoms with Crippen LogP contribution in [0.4, 0.5) is 17.1 Å². The van der Waals surface area contributed by atoms with Crippen molar-refractivity contribution < 1.29 is 4.42 Å². The first-order valence-electron chi connectivity index (χ1n) is 24.1. The Labute approximate surface area is 411 Å². The van der Waals surface area contributed by atoms with E-state index < -0.39 is 0 Å². The Bertz CT molecular complexity index is 4180. The summed E-state index contributed by atoms with van der Waals surface area (Å²) in [5, 5.41) is 7.09. The lowest BCUT2D eigenvalue weighted by atomic mass is 9.81. The van der Waals surface area contributed by atoms with Gasteiger partial charge in [0.05, 0.1) is 5.69 Å². The minimum absolute atomic E-state index is 0.0716. The number of rotatable bonds is 7. The molecule has 0 fully saturated rings. The van der Waals surface area contributed by atoms with Gasteiger partial charge in [-0.2, -0.15) is 0 Å². The van der Waals surface area contributed by atoms with E-state index in [9.17, 15) is 0 Å². The predicted octanol–water partition coefficient (Wildman–Crippen LogP) is 19.6. The lowest BCUT2D eigenvalue weighted by molar-refractivity contribution is 0.660. The van der Waals surface area contributed by atoms with Gasteiger partial charge in [0.15, 0.2) is 0 Å².